The Morgan fingerprint density at radius 3 is 2.21 bits per heavy atom. The fourth-order valence-corrected chi connectivity index (χ4v) is 5.15. The Labute approximate surface area is 241 Å². The van der Waals surface area contributed by atoms with Gasteiger partial charge in [0.15, 0.2) is 0 Å². The number of nitro benzene ring substituents is 2. The first-order chi connectivity index (χ1) is 19.6. The maximum absolute atomic E-state index is 14.7. The van der Waals surface area contributed by atoms with Gasteiger partial charge in [0.25, 0.3) is 17.3 Å². The summed E-state index contributed by atoms with van der Waals surface area (Å²) in [6.07, 6.45) is 0.529. The summed E-state index contributed by atoms with van der Waals surface area (Å²) in [6.45, 7) is 9.73. The molecule has 12 nitrogen and oxygen atoms in total. The molecule has 2 heterocycles. The Morgan fingerprint density at radius 1 is 1.05 bits per heavy atom. The van der Waals surface area contributed by atoms with Crippen molar-refractivity contribution in [3.63, 3.8) is 0 Å². The summed E-state index contributed by atoms with van der Waals surface area (Å²) in [5.41, 5.74) is 1.41. The van der Waals surface area contributed by atoms with Crippen LogP contribution in [0, 0.1) is 38.8 Å². The van der Waals surface area contributed by atoms with Crippen LogP contribution in [0.2, 0.25) is 25.7 Å². The number of hydrogen-bond donors (Lipinski definition) is 3. The van der Waals surface area contributed by atoms with Gasteiger partial charge in [-0.3, -0.25) is 25.0 Å². The van der Waals surface area contributed by atoms with Crippen molar-refractivity contribution in [1.29, 1.82) is 0 Å². The largest absolute Gasteiger partial charge is 0.491 e. The molecule has 1 aliphatic heterocycles. The number of ether oxygens (including phenoxy) is 1. The predicted octanol–water partition coefficient (Wildman–Crippen LogP) is 3.52. The Hall–Kier alpha value is -3.99. The molecule has 2 aromatic carbocycles. The third-order valence-electron chi connectivity index (χ3n) is 6.61. The summed E-state index contributed by atoms with van der Waals surface area (Å²) >= 11 is 0. The Morgan fingerprint density at radius 2 is 1.64 bits per heavy atom. The lowest BCUT2D eigenvalue weighted by Gasteiger charge is -2.18. The minimum absolute atomic E-state index is 0.118. The first kappa shape index (κ1) is 32.5. The summed E-state index contributed by atoms with van der Waals surface area (Å²) in [5.74, 6) is -1.66. The van der Waals surface area contributed by atoms with Gasteiger partial charge < -0.3 is 24.7 Å². The highest BCUT2D eigenvalue weighted by atomic mass is 28.3. The number of nitrogens with one attached hydrogen (secondary N) is 1. The first-order valence-electron chi connectivity index (χ1n) is 12.9. The van der Waals surface area contributed by atoms with Crippen LogP contribution in [0.1, 0.15) is 21.6 Å². The number of benzene rings is 2. The molecule has 0 atom stereocenters. The van der Waals surface area contributed by atoms with Gasteiger partial charge in [-0.25, -0.2) is 8.78 Å². The van der Waals surface area contributed by atoms with Gasteiger partial charge in [-0.15, -0.1) is 0 Å². The molecule has 0 radical (unpaired) electrons. The molecule has 0 unspecified atom stereocenters. The normalized spacial score (nSPS) is 12.6. The van der Waals surface area contributed by atoms with Crippen LogP contribution in [0.25, 0.3) is 11.3 Å². The topological polar surface area (TPSA) is 170 Å². The number of non-ortho nitro benzene ring substituents is 2. The first-order valence-corrected chi connectivity index (χ1v) is 16.6. The quantitative estimate of drug-likeness (QED) is 0.144. The molecule has 1 aliphatic rings. The van der Waals surface area contributed by atoms with Crippen molar-refractivity contribution in [2.45, 2.75) is 45.8 Å². The number of rotatable bonds is 9. The molecule has 0 spiro atoms. The molecule has 42 heavy (non-hydrogen) atoms. The predicted molar refractivity (Wildman–Crippen MR) is 154 cm³/mol. The van der Waals surface area contributed by atoms with Crippen molar-refractivity contribution in [3.05, 3.63) is 85.1 Å². The lowest BCUT2D eigenvalue weighted by Crippen LogP contribution is -2.32. The van der Waals surface area contributed by atoms with Crippen LogP contribution in [-0.2, 0) is 17.9 Å². The highest BCUT2D eigenvalue weighted by Crippen LogP contribution is 2.36. The highest BCUT2D eigenvalue weighted by molar-refractivity contribution is 6.76. The van der Waals surface area contributed by atoms with Crippen LogP contribution in [-0.4, -0.2) is 58.7 Å². The van der Waals surface area contributed by atoms with Crippen molar-refractivity contribution in [2.24, 2.45) is 0 Å². The molecule has 0 aliphatic carbocycles. The van der Waals surface area contributed by atoms with Gasteiger partial charge >= 0.3 is 7.12 Å². The molecule has 3 aromatic rings. The van der Waals surface area contributed by atoms with Crippen LogP contribution >= 0.6 is 0 Å². The number of carbonyl (C=O) groups excluding carboxylic acids is 1. The number of amides is 1. The average Bonchev–Trinajstić information content (AvgIpc) is 3.18. The number of nitrogens with zero attached hydrogens (tertiary/aromatic N) is 3. The van der Waals surface area contributed by atoms with Gasteiger partial charge in [0.2, 0.25) is 0 Å². The fraction of sp³-hybridized carbons (Fsp3) is 0.346. The molecule has 1 aromatic heterocycles. The van der Waals surface area contributed by atoms with Gasteiger partial charge in [-0.2, -0.15) is 0 Å². The zero-order valence-electron chi connectivity index (χ0n) is 23.5. The summed E-state index contributed by atoms with van der Waals surface area (Å²) in [4.78, 5) is 32.6. The SMILES string of the molecule is Cc1c2c(c(-c3cc([N+](=O)[O-])ccc3F)n1COCC[Si](C)(C)C)CCNC2=O.O=[N+]([O-])c1ccc(F)c(B(O)O)c1. The zero-order chi connectivity index (χ0) is 31.4. The fourth-order valence-electron chi connectivity index (χ4n) is 4.39. The lowest BCUT2D eigenvalue weighted by atomic mass is 9.80. The van der Waals surface area contributed by atoms with E-state index >= 15 is 0 Å². The van der Waals surface area contributed by atoms with E-state index in [2.05, 4.69) is 25.0 Å². The van der Waals surface area contributed by atoms with Crippen molar-refractivity contribution in [3.8, 4) is 11.3 Å². The van der Waals surface area contributed by atoms with Gasteiger partial charge in [0.1, 0.15) is 18.4 Å². The Kier molecular flexibility index (Phi) is 10.3. The van der Waals surface area contributed by atoms with Gasteiger partial charge in [0, 0.05) is 62.2 Å². The smallest absolute Gasteiger partial charge is 0.423 e. The molecule has 4 rings (SSSR count). The Bertz CT molecular complexity index is 1510. The van der Waals surface area contributed by atoms with E-state index in [1.807, 2.05) is 0 Å². The van der Waals surface area contributed by atoms with Gasteiger partial charge in [-0.1, -0.05) is 19.6 Å². The van der Waals surface area contributed by atoms with E-state index in [0.717, 1.165) is 36.4 Å². The number of carbonyl (C=O) groups is 1. The summed E-state index contributed by atoms with van der Waals surface area (Å²) < 4.78 is 35.1. The molecular weight excluding hydrogens is 573 g/mol. The standard InChI is InChI=1S/C20H26FN3O4Si.C6H5BFNO4/c1-13-18-15(7-8-22-20(18)25)19(23(13)12-28-9-10-29(2,3)4)16-11-14(24(26)27)5-6-17(16)21;8-6-2-1-4(9(12)13)3-5(6)7(10)11/h5-6,11H,7-10,12H2,1-4H3,(H,22,25);1-3,10-11H. The van der Waals surface area contributed by atoms with Gasteiger partial charge in [0.05, 0.1) is 21.1 Å². The zero-order valence-corrected chi connectivity index (χ0v) is 24.5. The molecule has 0 bridgehead atoms. The number of fused-ring (bicyclic) bond motifs is 1. The van der Waals surface area contributed by atoms with Crippen molar-refractivity contribution >= 4 is 37.9 Å². The van der Waals surface area contributed by atoms with E-state index in [-0.39, 0.29) is 29.6 Å². The maximum Gasteiger partial charge on any atom is 0.491 e. The summed E-state index contributed by atoms with van der Waals surface area (Å²) in [7, 11) is -3.31. The van der Waals surface area contributed by atoms with E-state index in [4.69, 9.17) is 14.8 Å². The van der Waals surface area contributed by atoms with E-state index in [1.54, 1.807) is 11.5 Å². The van der Waals surface area contributed by atoms with E-state index in [9.17, 15) is 33.8 Å². The summed E-state index contributed by atoms with van der Waals surface area (Å²) in [6, 6.07) is 6.99. The lowest BCUT2D eigenvalue weighted by molar-refractivity contribution is -0.385. The van der Waals surface area contributed by atoms with Crippen molar-refractivity contribution in [2.75, 3.05) is 13.2 Å². The maximum atomic E-state index is 14.7. The number of nitro groups is 2. The van der Waals surface area contributed by atoms with Crippen LogP contribution < -0.4 is 10.8 Å². The molecule has 3 N–H and O–H groups in total. The van der Waals surface area contributed by atoms with Gasteiger partial charge in [-0.05, 0) is 37.1 Å². The monoisotopic (exact) mass is 604 g/mol. The number of aromatic nitrogens is 1. The van der Waals surface area contributed by atoms with Crippen LogP contribution in [0.3, 0.4) is 0 Å². The molecule has 16 heteroatoms. The van der Waals surface area contributed by atoms with E-state index < -0.39 is 42.1 Å². The van der Waals surface area contributed by atoms with Crippen LogP contribution in [0.4, 0.5) is 20.2 Å². The molecule has 0 fully saturated rings. The number of hydrogen-bond acceptors (Lipinski definition) is 8. The minimum Gasteiger partial charge on any atom is -0.423 e. The van der Waals surface area contributed by atoms with Crippen molar-refractivity contribution in [1.82, 2.24) is 9.88 Å². The highest BCUT2D eigenvalue weighted by Gasteiger charge is 2.30. The van der Waals surface area contributed by atoms with E-state index in [0.29, 0.717) is 42.1 Å². The van der Waals surface area contributed by atoms with Crippen LogP contribution in [0.5, 0.6) is 0 Å². The Balaban J connectivity index is 0.000000312. The average molecular weight is 604 g/mol. The molecule has 224 valence electrons. The van der Waals surface area contributed by atoms with Crippen molar-refractivity contribution < 1.29 is 38.2 Å². The third kappa shape index (κ3) is 7.64. The second-order valence-electron chi connectivity index (χ2n) is 10.8. The second kappa shape index (κ2) is 13.3. The third-order valence-corrected chi connectivity index (χ3v) is 8.32. The second-order valence-corrected chi connectivity index (χ2v) is 16.4. The van der Waals surface area contributed by atoms with E-state index in [1.165, 1.54) is 6.07 Å². The molecule has 0 saturated carbocycles. The molecule has 0 saturated heterocycles. The molecule has 1 amide bonds. The molecular formula is C26H31BF2N4O8Si. The minimum atomic E-state index is -2.04. The summed E-state index contributed by atoms with van der Waals surface area (Å²) in [5, 5.41) is 41.5. The number of halogens is 2. The van der Waals surface area contributed by atoms with Crippen LogP contribution in [0.15, 0.2) is 36.4 Å².